The second kappa shape index (κ2) is 62.5. The molecule has 0 spiro atoms. The summed E-state index contributed by atoms with van der Waals surface area (Å²) in [5.41, 5.74) is 0. The van der Waals surface area contributed by atoms with Crippen LogP contribution in [0.1, 0.15) is 290 Å². The quantitative estimate of drug-likeness (QED) is 0.0443. The van der Waals surface area contributed by atoms with Crippen molar-refractivity contribution in [3.63, 3.8) is 0 Å². The summed E-state index contributed by atoms with van der Waals surface area (Å²) in [7, 11) is 0. The number of allylic oxidation sites excluding steroid dienone is 6. The first-order valence-electron chi connectivity index (χ1n) is 25.9. The normalized spacial score (nSPS) is 11.1. The zero-order valence-electron chi connectivity index (χ0n) is 40.6. The Labute approximate surface area is 391 Å². The van der Waals surface area contributed by atoms with E-state index in [1.165, 1.54) is 193 Å². The minimum atomic E-state index is -0.914. The van der Waals surface area contributed by atoms with Crippen molar-refractivity contribution in [2.45, 2.75) is 290 Å². The molecule has 0 atom stereocenters. The van der Waals surface area contributed by atoms with Gasteiger partial charge in [0, 0.05) is 17.9 Å². The van der Waals surface area contributed by atoms with E-state index in [2.05, 4.69) is 57.2 Å². The molecular weight excluding hydrogens is 796 g/mol. The number of carboxylic acid groups (broad SMARTS) is 3. The fraction of sp³-hybridized carbons (Fsp3) is 0.833. The number of hydrogen-bond donors (Lipinski definition) is 0. The average molecular weight is 895 g/mol. The summed E-state index contributed by atoms with van der Waals surface area (Å²) in [6.07, 6.45) is 62.7. The molecule has 0 saturated carbocycles. The fourth-order valence-corrected chi connectivity index (χ4v) is 7.02. The van der Waals surface area contributed by atoms with Crippen molar-refractivity contribution in [1.82, 2.24) is 0 Å². The van der Waals surface area contributed by atoms with Gasteiger partial charge >= 0.3 is 18.6 Å². The van der Waals surface area contributed by atoms with Crippen LogP contribution >= 0.6 is 0 Å². The Kier molecular flexibility index (Phi) is 67.5. The molecule has 0 heterocycles. The van der Waals surface area contributed by atoms with Crippen molar-refractivity contribution >= 4 is 17.9 Å². The molecule has 0 N–H and O–H groups in total. The van der Waals surface area contributed by atoms with Crippen LogP contribution in [0.4, 0.5) is 0 Å². The predicted molar refractivity (Wildman–Crippen MR) is 253 cm³/mol. The number of rotatable bonds is 45. The Balaban J connectivity index is -0.000000396. The van der Waals surface area contributed by atoms with Gasteiger partial charge in [0.1, 0.15) is 0 Å². The first kappa shape index (κ1) is 65.8. The second-order valence-corrected chi connectivity index (χ2v) is 17.1. The van der Waals surface area contributed by atoms with Crippen molar-refractivity contribution in [3.8, 4) is 0 Å². The summed E-state index contributed by atoms with van der Waals surface area (Å²) < 4.78 is 0. The van der Waals surface area contributed by atoms with Crippen LogP contribution in [0.2, 0.25) is 0 Å². The van der Waals surface area contributed by atoms with Crippen molar-refractivity contribution in [3.05, 3.63) is 36.5 Å². The average Bonchev–Trinajstić information content (AvgIpc) is 3.22. The molecule has 0 unspecified atom stereocenters. The monoisotopic (exact) mass is 895 g/mol. The van der Waals surface area contributed by atoms with E-state index in [4.69, 9.17) is 0 Å². The van der Waals surface area contributed by atoms with Crippen molar-refractivity contribution in [2.24, 2.45) is 0 Å². The molecule has 0 saturated heterocycles. The van der Waals surface area contributed by atoms with Gasteiger partial charge < -0.3 is 29.7 Å². The summed E-state index contributed by atoms with van der Waals surface area (Å²) in [4.78, 5) is 30.6. The van der Waals surface area contributed by atoms with E-state index in [1.807, 2.05) is 0 Å². The van der Waals surface area contributed by atoms with Gasteiger partial charge in [-0.2, -0.15) is 0 Å². The van der Waals surface area contributed by atoms with Crippen molar-refractivity contribution in [2.75, 3.05) is 0 Å². The van der Waals surface area contributed by atoms with E-state index in [0.29, 0.717) is 0 Å². The van der Waals surface area contributed by atoms with Crippen LogP contribution in [0.15, 0.2) is 36.5 Å². The third-order valence-corrected chi connectivity index (χ3v) is 10.9. The van der Waals surface area contributed by atoms with Gasteiger partial charge in [0.25, 0.3) is 0 Å². The van der Waals surface area contributed by atoms with Gasteiger partial charge in [-0.15, -0.1) is 0 Å². The van der Waals surface area contributed by atoms with Gasteiger partial charge in [-0.3, -0.25) is 0 Å². The molecule has 0 amide bonds. The van der Waals surface area contributed by atoms with Crippen LogP contribution in [0, 0.1) is 0 Å². The maximum atomic E-state index is 10.2. The molecule has 0 aromatic rings. The number of aliphatic carboxylic acids is 3. The first-order chi connectivity index (χ1) is 29.3. The summed E-state index contributed by atoms with van der Waals surface area (Å²) in [6, 6.07) is 0. The molecule has 0 rings (SSSR count). The summed E-state index contributed by atoms with van der Waals surface area (Å²) in [5.74, 6) is -2.74. The van der Waals surface area contributed by atoms with Gasteiger partial charge in [-0.25, -0.2) is 0 Å². The zero-order chi connectivity index (χ0) is 44.7. The van der Waals surface area contributed by atoms with Crippen LogP contribution < -0.4 is 15.3 Å². The number of carboxylic acids is 3. The Morgan fingerprint density at radius 1 is 0.262 bits per heavy atom. The molecule has 7 heteroatoms. The Bertz CT molecular complexity index is 827. The summed E-state index contributed by atoms with van der Waals surface area (Å²) in [5, 5.41) is 30.6. The predicted octanol–water partition coefficient (Wildman–Crippen LogP) is 14.3. The Morgan fingerprint density at radius 3 is 0.574 bits per heavy atom. The molecule has 0 aromatic heterocycles. The molecule has 0 fully saturated rings. The number of carbonyl (C=O) groups excluding carboxylic acids is 3. The van der Waals surface area contributed by atoms with E-state index in [0.717, 1.165) is 57.8 Å². The fourth-order valence-electron chi connectivity index (χ4n) is 7.02. The van der Waals surface area contributed by atoms with Crippen LogP contribution in [-0.2, 0) is 32.9 Å². The number of hydrogen-bond acceptors (Lipinski definition) is 6. The minimum Gasteiger partial charge on any atom is -0.550 e. The Morgan fingerprint density at radius 2 is 0.410 bits per heavy atom. The van der Waals surface area contributed by atoms with Gasteiger partial charge in [0.2, 0.25) is 0 Å². The van der Waals surface area contributed by atoms with Crippen molar-refractivity contribution < 1.29 is 48.3 Å². The molecule has 0 aromatic carbocycles. The first-order valence-corrected chi connectivity index (χ1v) is 25.9. The topological polar surface area (TPSA) is 120 Å². The van der Waals surface area contributed by atoms with Crippen LogP contribution in [0.3, 0.4) is 0 Å². The number of unbranched alkanes of at least 4 members (excludes halogenated alkanes) is 33. The van der Waals surface area contributed by atoms with E-state index in [9.17, 15) is 29.7 Å². The molecule has 0 radical (unpaired) electrons. The van der Waals surface area contributed by atoms with Gasteiger partial charge in [0.15, 0.2) is 0 Å². The number of carbonyl (C=O) groups is 3. The molecule has 356 valence electrons. The van der Waals surface area contributed by atoms with Crippen LogP contribution in [0.25, 0.3) is 0 Å². The standard InChI is InChI=1S/3C18H34O2.V/c3*1-2-3-4-5-6-7-8-9-10-11-12-13-14-15-16-17-18(19)20;/h3*9-10H,2-8,11-17H2,1H3,(H,19,20);/q;;;+3/p-3/b3*10-9-;. The summed E-state index contributed by atoms with van der Waals surface area (Å²) >= 11 is 0. The summed E-state index contributed by atoms with van der Waals surface area (Å²) in [6.45, 7) is 6.77. The smallest absolute Gasteiger partial charge is 0.550 e. The van der Waals surface area contributed by atoms with E-state index in [1.54, 1.807) is 0 Å². The zero-order valence-corrected chi connectivity index (χ0v) is 42.0. The van der Waals surface area contributed by atoms with E-state index >= 15 is 0 Å². The van der Waals surface area contributed by atoms with Crippen molar-refractivity contribution in [1.29, 1.82) is 0 Å². The third kappa shape index (κ3) is 76.0. The van der Waals surface area contributed by atoms with E-state index < -0.39 is 17.9 Å². The Hall–Kier alpha value is -1.79. The van der Waals surface area contributed by atoms with Gasteiger partial charge in [-0.1, -0.05) is 211 Å². The molecular formula is C54H99O6V. The van der Waals surface area contributed by atoms with Crippen LogP contribution in [0.5, 0.6) is 0 Å². The van der Waals surface area contributed by atoms with Gasteiger partial charge in [-0.05, 0) is 116 Å². The van der Waals surface area contributed by atoms with Gasteiger partial charge in [0.05, 0.1) is 0 Å². The minimum absolute atomic E-state index is 0. The maximum Gasteiger partial charge on any atom is 3.00 e. The molecule has 0 aliphatic heterocycles. The molecule has 61 heavy (non-hydrogen) atoms. The van der Waals surface area contributed by atoms with E-state index in [-0.39, 0.29) is 37.8 Å². The maximum absolute atomic E-state index is 10.2. The third-order valence-electron chi connectivity index (χ3n) is 10.9. The molecule has 0 bridgehead atoms. The molecule has 6 nitrogen and oxygen atoms in total. The SMILES string of the molecule is CCCCCCCC/C=C\CCCCCCCC(=O)[O-].CCCCCCCC/C=C\CCCCCCCC(=O)[O-].CCCCCCCC/C=C\CCCCCCCC(=O)[O-].[V+3]. The molecule has 0 aliphatic carbocycles. The molecule has 0 aliphatic rings. The second-order valence-electron chi connectivity index (χ2n) is 17.1. The largest absolute Gasteiger partial charge is 3.00 e. The van der Waals surface area contributed by atoms with Crippen LogP contribution in [-0.4, -0.2) is 17.9 Å².